The van der Waals surface area contributed by atoms with E-state index >= 15 is 0 Å². The Morgan fingerprint density at radius 2 is 1.78 bits per heavy atom. The molecule has 6 heteroatoms. The third kappa shape index (κ3) is 5.37. The molecule has 4 aromatic carbocycles. The highest BCUT2D eigenvalue weighted by Gasteiger charge is 2.15. The van der Waals surface area contributed by atoms with Crippen molar-refractivity contribution < 1.29 is 9.53 Å². The van der Waals surface area contributed by atoms with Crippen molar-refractivity contribution in [3.8, 4) is 5.75 Å². The Balaban J connectivity index is 1.45. The summed E-state index contributed by atoms with van der Waals surface area (Å²) in [6.45, 7) is 3.70. The number of hydrogen-bond donors (Lipinski definition) is 1. The molecule has 1 amide bonds. The Kier molecular flexibility index (Phi) is 7.19. The van der Waals surface area contributed by atoms with Crippen LogP contribution in [0.3, 0.4) is 0 Å². The summed E-state index contributed by atoms with van der Waals surface area (Å²) in [7, 11) is 0. The predicted octanol–water partition coefficient (Wildman–Crippen LogP) is 7.00. The minimum Gasteiger partial charge on any atom is -0.486 e. The molecule has 36 heavy (non-hydrogen) atoms. The molecule has 5 nitrogen and oxygen atoms in total. The smallest absolute Gasteiger partial charge is 0.251 e. The van der Waals surface area contributed by atoms with Gasteiger partial charge in [0.25, 0.3) is 5.91 Å². The summed E-state index contributed by atoms with van der Waals surface area (Å²) >= 11 is 6.09. The van der Waals surface area contributed by atoms with Gasteiger partial charge in [-0.25, -0.2) is 4.98 Å². The van der Waals surface area contributed by atoms with Gasteiger partial charge >= 0.3 is 0 Å². The van der Waals surface area contributed by atoms with E-state index in [1.165, 1.54) is 5.39 Å². The number of carbonyl (C=O) groups excluding carboxylic acids is 1. The highest BCUT2D eigenvalue weighted by atomic mass is 35.5. The number of imidazole rings is 1. The van der Waals surface area contributed by atoms with Crippen LogP contribution in [-0.2, 0) is 13.2 Å². The van der Waals surface area contributed by atoms with Crippen molar-refractivity contribution in [2.24, 2.45) is 0 Å². The molecule has 5 aromatic rings. The van der Waals surface area contributed by atoms with Gasteiger partial charge in [-0.05, 0) is 65.2 Å². The number of unbranched alkanes of at least 4 members (excludes halogenated alkanes) is 1. The van der Waals surface area contributed by atoms with Gasteiger partial charge in [0.2, 0.25) is 0 Å². The molecule has 1 heterocycles. The van der Waals surface area contributed by atoms with E-state index in [1.54, 1.807) is 0 Å². The molecule has 0 radical (unpaired) electrons. The van der Waals surface area contributed by atoms with E-state index in [0.29, 0.717) is 30.3 Å². The van der Waals surface area contributed by atoms with Crippen molar-refractivity contribution in [3.63, 3.8) is 0 Å². The number of fused-ring (bicyclic) bond motifs is 2. The van der Waals surface area contributed by atoms with Gasteiger partial charge in [-0.1, -0.05) is 67.4 Å². The number of rotatable bonds is 9. The third-order valence-electron chi connectivity index (χ3n) is 6.25. The first kappa shape index (κ1) is 23.9. The number of nitrogens with zero attached hydrogens (tertiary/aromatic N) is 2. The summed E-state index contributed by atoms with van der Waals surface area (Å²) < 4.78 is 8.32. The van der Waals surface area contributed by atoms with E-state index in [2.05, 4.69) is 35.0 Å². The molecule has 0 unspecified atom stereocenters. The first-order chi connectivity index (χ1) is 17.6. The molecule has 182 valence electrons. The zero-order valence-corrected chi connectivity index (χ0v) is 21.0. The molecule has 0 spiro atoms. The highest BCUT2D eigenvalue weighted by Crippen LogP contribution is 2.24. The van der Waals surface area contributed by atoms with E-state index in [1.807, 2.05) is 66.7 Å². The van der Waals surface area contributed by atoms with Gasteiger partial charge in [-0.15, -0.1) is 0 Å². The molecule has 0 saturated heterocycles. The number of amides is 1. The maximum absolute atomic E-state index is 12.6. The van der Waals surface area contributed by atoms with E-state index in [-0.39, 0.29) is 5.91 Å². The predicted molar refractivity (Wildman–Crippen MR) is 146 cm³/mol. The molecular formula is C30H28ClN3O2. The normalized spacial score (nSPS) is 11.2. The van der Waals surface area contributed by atoms with Crippen LogP contribution < -0.4 is 10.1 Å². The van der Waals surface area contributed by atoms with Crippen molar-refractivity contribution in [1.29, 1.82) is 0 Å². The maximum atomic E-state index is 12.6. The number of hydrogen-bond acceptors (Lipinski definition) is 3. The van der Waals surface area contributed by atoms with Crippen LogP contribution in [0.15, 0.2) is 84.9 Å². The molecule has 0 aliphatic carbocycles. The summed E-state index contributed by atoms with van der Waals surface area (Å²) in [6.07, 6.45) is 1.99. The van der Waals surface area contributed by atoms with Crippen molar-refractivity contribution in [2.75, 3.05) is 6.54 Å². The van der Waals surface area contributed by atoms with Crippen molar-refractivity contribution in [2.45, 2.75) is 32.9 Å². The number of aromatic nitrogens is 2. The van der Waals surface area contributed by atoms with Gasteiger partial charge in [-0.3, -0.25) is 4.79 Å². The largest absolute Gasteiger partial charge is 0.486 e. The van der Waals surface area contributed by atoms with Gasteiger partial charge in [0.15, 0.2) is 0 Å². The minimum atomic E-state index is -0.0773. The van der Waals surface area contributed by atoms with Crippen LogP contribution in [0, 0.1) is 0 Å². The van der Waals surface area contributed by atoms with Gasteiger partial charge in [0.1, 0.15) is 18.2 Å². The second-order valence-corrected chi connectivity index (χ2v) is 9.29. The van der Waals surface area contributed by atoms with Crippen LogP contribution in [0.5, 0.6) is 5.75 Å². The van der Waals surface area contributed by atoms with Gasteiger partial charge in [0, 0.05) is 23.7 Å². The van der Waals surface area contributed by atoms with Gasteiger partial charge < -0.3 is 14.6 Å². The highest BCUT2D eigenvalue weighted by molar-refractivity contribution is 6.30. The molecule has 0 aliphatic heterocycles. The fourth-order valence-electron chi connectivity index (χ4n) is 4.27. The lowest BCUT2D eigenvalue weighted by Gasteiger charge is -2.12. The second-order valence-electron chi connectivity index (χ2n) is 8.85. The average molecular weight is 498 g/mol. The first-order valence-corrected chi connectivity index (χ1v) is 12.6. The van der Waals surface area contributed by atoms with Crippen molar-refractivity contribution >= 4 is 39.3 Å². The van der Waals surface area contributed by atoms with Crippen LogP contribution >= 0.6 is 11.6 Å². The topological polar surface area (TPSA) is 56.1 Å². The van der Waals surface area contributed by atoms with Crippen LogP contribution in [0.2, 0.25) is 5.02 Å². The Bertz CT molecular complexity index is 1510. The fourth-order valence-corrected chi connectivity index (χ4v) is 4.39. The Hall–Kier alpha value is -3.83. The maximum Gasteiger partial charge on any atom is 0.251 e. The van der Waals surface area contributed by atoms with Crippen LogP contribution in [0.4, 0.5) is 0 Å². The standard InChI is InChI=1S/C30H28ClN3O2/c1-2-3-16-32-30(35)24-11-15-28-27(18-24)33-29(34(28)19-21-8-12-25(31)13-9-21)20-36-26-14-10-22-6-4-5-7-23(22)17-26/h4-15,17-18H,2-3,16,19-20H2,1H3,(H,32,35). The molecule has 0 aliphatic rings. The minimum absolute atomic E-state index is 0.0773. The summed E-state index contributed by atoms with van der Waals surface area (Å²) in [5.74, 6) is 1.50. The van der Waals surface area contributed by atoms with Gasteiger partial charge in [-0.2, -0.15) is 0 Å². The van der Waals surface area contributed by atoms with Crippen LogP contribution in [-0.4, -0.2) is 22.0 Å². The summed E-state index contributed by atoms with van der Waals surface area (Å²) in [6, 6.07) is 27.8. The summed E-state index contributed by atoms with van der Waals surface area (Å²) in [5.41, 5.74) is 3.43. The van der Waals surface area contributed by atoms with E-state index < -0.39 is 0 Å². The Morgan fingerprint density at radius 1 is 0.972 bits per heavy atom. The number of carbonyl (C=O) groups is 1. The van der Waals surface area contributed by atoms with Crippen LogP contribution in [0.1, 0.15) is 41.5 Å². The first-order valence-electron chi connectivity index (χ1n) is 12.2. The molecule has 1 aromatic heterocycles. The molecule has 1 N–H and O–H groups in total. The van der Waals surface area contributed by atoms with Crippen molar-refractivity contribution in [1.82, 2.24) is 14.9 Å². The molecule has 5 rings (SSSR count). The van der Waals surface area contributed by atoms with E-state index in [9.17, 15) is 4.79 Å². The second kappa shape index (κ2) is 10.8. The molecule has 0 fully saturated rings. The molecular weight excluding hydrogens is 470 g/mol. The monoisotopic (exact) mass is 497 g/mol. The Morgan fingerprint density at radius 3 is 2.58 bits per heavy atom. The zero-order chi connectivity index (χ0) is 24.9. The zero-order valence-electron chi connectivity index (χ0n) is 20.2. The average Bonchev–Trinajstić information content (AvgIpc) is 3.25. The molecule has 0 saturated carbocycles. The lowest BCUT2D eigenvalue weighted by Crippen LogP contribution is -2.24. The molecule has 0 atom stereocenters. The quantitative estimate of drug-likeness (QED) is 0.223. The van der Waals surface area contributed by atoms with E-state index in [4.69, 9.17) is 21.3 Å². The lowest BCUT2D eigenvalue weighted by atomic mass is 10.1. The summed E-state index contributed by atoms with van der Waals surface area (Å²) in [4.78, 5) is 17.5. The van der Waals surface area contributed by atoms with Crippen molar-refractivity contribution in [3.05, 3.63) is 107 Å². The lowest BCUT2D eigenvalue weighted by molar-refractivity contribution is 0.0953. The van der Waals surface area contributed by atoms with E-state index in [0.717, 1.165) is 46.4 Å². The number of benzene rings is 4. The summed E-state index contributed by atoms with van der Waals surface area (Å²) in [5, 5.41) is 5.98. The van der Waals surface area contributed by atoms with Gasteiger partial charge in [0.05, 0.1) is 11.0 Å². The number of halogens is 1. The van der Waals surface area contributed by atoms with Crippen LogP contribution in [0.25, 0.3) is 21.8 Å². The third-order valence-corrected chi connectivity index (χ3v) is 6.50. The molecule has 0 bridgehead atoms. The SMILES string of the molecule is CCCCNC(=O)c1ccc2c(c1)nc(COc1ccc3ccccc3c1)n2Cc1ccc(Cl)cc1. The fraction of sp³-hybridized carbons (Fsp3) is 0.200. The number of ether oxygens (including phenoxy) is 1. The number of nitrogens with one attached hydrogen (secondary N) is 1. The Labute approximate surface area is 215 Å².